The number of ether oxygens (including phenoxy) is 1. The Morgan fingerprint density at radius 3 is 1.77 bits per heavy atom. The summed E-state index contributed by atoms with van der Waals surface area (Å²) in [5.74, 6) is -1.77. The molecular formula is C32H39O13PS. The standard InChI is InChI=1S/C32H39O13PS/c1-31(2,3)27-25(42-29(33)44-27)18-39-46(35,40-19-26-28(32(4,5)6)45-30(34)43-26)24(20-47(36,37)38)16-15-21-11-10-14-23(17-21)41-22-12-8-7-9-13-22/h7-14,17,24H,15-16,18-20H2,1-6H3,(H,36,37,38). The third kappa shape index (κ3) is 10.2. The fourth-order valence-corrected chi connectivity index (χ4v) is 8.28. The minimum atomic E-state index is -4.72. The first-order chi connectivity index (χ1) is 21.8. The van der Waals surface area contributed by atoms with Crippen molar-refractivity contribution >= 4 is 17.7 Å². The Bertz CT molecular complexity index is 1840. The van der Waals surface area contributed by atoms with Crippen LogP contribution in [0.25, 0.3) is 0 Å². The van der Waals surface area contributed by atoms with Gasteiger partial charge in [-0.15, -0.1) is 0 Å². The Labute approximate surface area is 272 Å². The molecule has 47 heavy (non-hydrogen) atoms. The summed E-state index contributed by atoms with van der Waals surface area (Å²) < 4.78 is 87.2. The maximum atomic E-state index is 14.7. The van der Waals surface area contributed by atoms with Gasteiger partial charge in [0.2, 0.25) is 0 Å². The highest BCUT2D eigenvalue weighted by atomic mass is 32.2. The molecule has 0 saturated carbocycles. The number of hydrogen-bond acceptors (Lipinski definition) is 12. The van der Waals surface area contributed by atoms with Gasteiger partial charge in [-0.25, -0.2) is 9.59 Å². The van der Waals surface area contributed by atoms with Crippen LogP contribution in [0.1, 0.15) is 76.6 Å². The predicted molar refractivity (Wildman–Crippen MR) is 171 cm³/mol. The van der Waals surface area contributed by atoms with Gasteiger partial charge in [0, 0.05) is 10.8 Å². The van der Waals surface area contributed by atoms with Gasteiger partial charge in [-0.05, 0) is 42.7 Å². The largest absolute Gasteiger partial charge is 0.519 e. The second kappa shape index (κ2) is 14.2. The highest BCUT2D eigenvalue weighted by molar-refractivity contribution is 7.86. The van der Waals surface area contributed by atoms with Crippen LogP contribution in [0.5, 0.6) is 11.5 Å². The molecule has 13 nitrogen and oxygen atoms in total. The Balaban J connectivity index is 1.67. The first-order valence-corrected chi connectivity index (χ1v) is 18.0. The van der Waals surface area contributed by atoms with Crippen LogP contribution in [0.4, 0.5) is 0 Å². The number of para-hydroxylation sites is 1. The molecule has 0 radical (unpaired) electrons. The minimum absolute atomic E-state index is 0.0760. The second-order valence-corrected chi connectivity index (χ2v) is 16.8. The summed E-state index contributed by atoms with van der Waals surface area (Å²) in [4.78, 5) is 24.0. The van der Waals surface area contributed by atoms with Crippen molar-refractivity contribution in [1.82, 2.24) is 0 Å². The third-order valence-electron chi connectivity index (χ3n) is 6.90. The molecule has 2 aromatic carbocycles. The number of rotatable bonds is 14. The fourth-order valence-electron chi connectivity index (χ4n) is 4.79. The van der Waals surface area contributed by atoms with E-state index in [0.29, 0.717) is 17.1 Å². The van der Waals surface area contributed by atoms with Gasteiger partial charge in [-0.2, -0.15) is 8.42 Å². The van der Waals surface area contributed by atoms with Crippen molar-refractivity contribution < 1.29 is 49.0 Å². The van der Waals surface area contributed by atoms with Crippen LogP contribution in [-0.4, -0.2) is 24.4 Å². The molecule has 0 saturated heterocycles. The van der Waals surface area contributed by atoms with Crippen LogP contribution >= 0.6 is 7.60 Å². The highest BCUT2D eigenvalue weighted by Gasteiger charge is 2.41. The van der Waals surface area contributed by atoms with Crippen molar-refractivity contribution in [3.05, 3.63) is 104 Å². The highest BCUT2D eigenvalue weighted by Crippen LogP contribution is 2.56. The normalized spacial score (nSPS) is 13.5. The maximum Gasteiger partial charge on any atom is 0.519 e. The minimum Gasteiger partial charge on any atom is -0.457 e. The monoisotopic (exact) mass is 694 g/mol. The molecule has 256 valence electrons. The van der Waals surface area contributed by atoms with Gasteiger partial charge in [0.1, 0.15) is 24.7 Å². The average molecular weight is 695 g/mol. The lowest BCUT2D eigenvalue weighted by atomic mass is 9.92. The van der Waals surface area contributed by atoms with Crippen molar-refractivity contribution in [2.45, 2.75) is 84.1 Å². The summed E-state index contributed by atoms with van der Waals surface area (Å²) in [6, 6.07) is 16.1. The molecule has 15 heteroatoms. The lowest BCUT2D eigenvalue weighted by molar-refractivity contribution is 0.160. The molecule has 1 atom stereocenters. The van der Waals surface area contributed by atoms with Crippen LogP contribution < -0.4 is 16.4 Å². The Morgan fingerprint density at radius 2 is 1.28 bits per heavy atom. The number of aryl methyl sites for hydroxylation is 1. The molecule has 0 aliphatic rings. The lowest BCUT2D eigenvalue weighted by Gasteiger charge is -2.26. The summed E-state index contributed by atoms with van der Waals surface area (Å²) in [6.45, 7) is 9.34. The lowest BCUT2D eigenvalue weighted by Crippen LogP contribution is -2.24. The SMILES string of the molecule is CC(C)(C)c1oc(=O)oc1COP(=O)(OCc1oc(=O)oc1C(C)(C)C)C(CCc1cccc(Oc2ccccc2)c1)CS(=O)(=O)O. The molecule has 0 aliphatic heterocycles. The van der Waals surface area contributed by atoms with Crippen molar-refractivity contribution in [1.29, 1.82) is 0 Å². The summed E-state index contributed by atoms with van der Waals surface area (Å²) in [5, 5.41) is 0. The first-order valence-electron chi connectivity index (χ1n) is 14.7. The first kappa shape index (κ1) is 36.2. The summed E-state index contributed by atoms with van der Waals surface area (Å²) >= 11 is 0. The van der Waals surface area contributed by atoms with Crippen LogP contribution in [0.2, 0.25) is 0 Å². The molecule has 2 aromatic heterocycles. The number of hydrogen-bond donors (Lipinski definition) is 1. The van der Waals surface area contributed by atoms with E-state index in [1.165, 1.54) is 0 Å². The van der Waals surface area contributed by atoms with E-state index in [1.807, 2.05) is 18.2 Å². The van der Waals surface area contributed by atoms with Crippen molar-refractivity contribution in [3.63, 3.8) is 0 Å². The molecule has 0 aliphatic carbocycles. The van der Waals surface area contributed by atoms with E-state index >= 15 is 0 Å². The van der Waals surface area contributed by atoms with E-state index in [4.69, 9.17) is 31.5 Å². The van der Waals surface area contributed by atoms with E-state index in [2.05, 4.69) is 0 Å². The second-order valence-electron chi connectivity index (χ2n) is 13.0. The van der Waals surface area contributed by atoms with Crippen LogP contribution in [0.15, 0.2) is 81.9 Å². The zero-order valence-corrected chi connectivity index (χ0v) is 28.7. The van der Waals surface area contributed by atoms with Gasteiger partial charge in [0.25, 0.3) is 10.1 Å². The summed E-state index contributed by atoms with van der Waals surface area (Å²) in [5.41, 5.74) is -2.14. The average Bonchev–Trinajstić information content (AvgIpc) is 3.55. The molecule has 2 heterocycles. The van der Waals surface area contributed by atoms with E-state index in [1.54, 1.807) is 77.9 Å². The fraction of sp³-hybridized carbons (Fsp3) is 0.438. The van der Waals surface area contributed by atoms with E-state index in [9.17, 15) is 27.1 Å². The molecular weight excluding hydrogens is 655 g/mol. The molecule has 4 rings (SSSR count). The number of benzene rings is 2. The zero-order valence-electron chi connectivity index (χ0n) is 27.0. The van der Waals surface area contributed by atoms with E-state index < -0.39 is 64.8 Å². The molecule has 0 spiro atoms. The molecule has 0 amide bonds. The quantitative estimate of drug-likeness (QED) is 0.105. The van der Waals surface area contributed by atoms with E-state index in [-0.39, 0.29) is 35.9 Å². The third-order valence-corrected chi connectivity index (χ3v) is 10.3. The van der Waals surface area contributed by atoms with Crippen molar-refractivity contribution in [2.75, 3.05) is 5.75 Å². The van der Waals surface area contributed by atoms with Gasteiger partial charge in [0.15, 0.2) is 23.0 Å². The molecule has 0 fully saturated rings. The van der Waals surface area contributed by atoms with Crippen LogP contribution in [0.3, 0.4) is 0 Å². The van der Waals surface area contributed by atoms with Gasteiger partial charge in [-0.1, -0.05) is 71.9 Å². The molecule has 0 bridgehead atoms. The molecule has 1 N–H and O–H groups in total. The van der Waals surface area contributed by atoms with Gasteiger partial charge in [-0.3, -0.25) is 9.12 Å². The smallest absolute Gasteiger partial charge is 0.457 e. The zero-order chi connectivity index (χ0) is 34.6. The molecule has 4 aromatic rings. The predicted octanol–water partition coefficient (Wildman–Crippen LogP) is 6.98. The van der Waals surface area contributed by atoms with Crippen LogP contribution in [0, 0.1) is 0 Å². The maximum absolute atomic E-state index is 14.7. The van der Waals surface area contributed by atoms with Crippen LogP contribution in [-0.2, 0) is 54.2 Å². The summed E-state index contributed by atoms with van der Waals surface area (Å²) in [6.07, 6.45) is 0.0692. The topological polar surface area (TPSA) is 186 Å². The molecule has 1 unspecified atom stereocenters. The Kier molecular flexibility index (Phi) is 10.9. The van der Waals surface area contributed by atoms with Gasteiger partial charge >= 0.3 is 19.2 Å². The van der Waals surface area contributed by atoms with Crippen molar-refractivity contribution in [3.8, 4) is 11.5 Å². The summed E-state index contributed by atoms with van der Waals surface area (Å²) in [7, 11) is -9.29. The Hall–Kier alpha value is -3.68. The van der Waals surface area contributed by atoms with E-state index in [0.717, 1.165) is 0 Å². The van der Waals surface area contributed by atoms with Gasteiger partial charge < -0.3 is 31.5 Å². The Morgan fingerprint density at radius 1 is 0.766 bits per heavy atom. The van der Waals surface area contributed by atoms with Gasteiger partial charge in [0.05, 0.1) is 11.4 Å². The van der Waals surface area contributed by atoms with Crippen molar-refractivity contribution in [2.24, 2.45) is 0 Å².